The summed E-state index contributed by atoms with van der Waals surface area (Å²) in [6.07, 6.45) is 8.00. The van der Waals surface area contributed by atoms with Gasteiger partial charge < -0.3 is 41.7 Å². The molecule has 0 radical (unpaired) electrons. The van der Waals surface area contributed by atoms with Crippen LogP contribution in [0.3, 0.4) is 0 Å². The molecule has 0 spiro atoms. The van der Waals surface area contributed by atoms with E-state index in [2.05, 4.69) is 79.2 Å². The fourth-order valence-corrected chi connectivity index (χ4v) is 12.0. The van der Waals surface area contributed by atoms with E-state index in [9.17, 15) is 14.7 Å². The van der Waals surface area contributed by atoms with Gasteiger partial charge in [-0.3, -0.25) is 4.79 Å². The predicted octanol–water partition coefficient (Wildman–Crippen LogP) is 3.94. The first kappa shape index (κ1) is 38.0. The van der Waals surface area contributed by atoms with Crippen molar-refractivity contribution >= 4 is 12.0 Å². The minimum Gasteiger partial charge on any atom is -0.444 e. The number of ether oxygens (including phenoxy) is 1. The Morgan fingerprint density at radius 2 is 1.36 bits per heavy atom. The molecular formula is C40H70N6O4. The summed E-state index contributed by atoms with van der Waals surface area (Å²) in [5.41, 5.74) is -0.556. The van der Waals surface area contributed by atoms with Crippen molar-refractivity contribution in [3.05, 3.63) is 12.7 Å². The lowest BCUT2D eigenvalue weighted by atomic mass is 9.76. The van der Waals surface area contributed by atoms with E-state index in [-0.39, 0.29) is 30.0 Å². The molecule has 1 saturated carbocycles. The standard InChI is InChI=1S/C40H70N6O4/c1-10-24-20(3)28-17-30-22(5)26(12-13-35(48)41-14-15-42-39(49)50-40(7,8)9)37(45-30)27-16-34(47)36-23(6)31(46-38(27)36)19-33-25(11-2)21(4)29(44-33)18-32(24)43-28/h10,20-34,36-38,43-47H,1,11-19H2,2-9H3,(H,41,48)(H,42,49). The Balaban J connectivity index is 1.19. The van der Waals surface area contributed by atoms with Crippen molar-refractivity contribution in [2.24, 2.45) is 53.3 Å². The van der Waals surface area contributed by atoms with Crippen molar-refractivity contribution in [2.75, 3.05) is 13.1 Å². The summed E-state index contributed by atoms with van der Waals surface area (Å²) in [6, 6.07) is 3.06. The summed E-state index contributed by atoms with van der Waals surface area (Å²) in [7, 11) is 0. The van der Waals surface area contributed by atoms with E-state index >= 15 is 0 Å². The predicted molar refractivity (Wildman–Crippen MR) is 198 cm³/mol. The van der Waals surface area contributed by atoms with Gasteiger partial charge in [-0.05, 0) is 100 Å². The molecule has 5 heterocycles. The fraction of sp³-hybridized carbons (Fsp3) is 0.900. The highest BCUT2D eigenvalue weighted by molar-refractivity contribution is 5.76. The summed E-state index contributed by atoms with van der Waals surface area (Å²) >= 11 is 0. The lowest BCUT2D eigenvalue weighted by molar-refractivity contribution is -0.121. The summed E-state index contributed by atoms with van der Waals surface area (Å²) in [5.74, 6) is 4.00. The second kappa shape index (κ2) is 15.3. The minimum absolute atomic E-state index is 0.0193. The number of alkyl carbamates (subject to hydrolysis) is 1. The third-order valence-corrected chi connectivity index (χ3v) is 14.6. The number of aliphatic hydroxyl groups excluding tert-OH is 1. The molecule has 10 heteroatoms. The van der Waals surface area contributed by atoms with Gasteiger partial charge in [-0.1, -0.05) is 47.1 Å². The number of rotatable bonds is 8. The van der Waals surface area contributed by atoms with Gasteiger partial charge in [-0.25, -0.2) is 4.79 Å². The number of fused-ring (bicyclic) bond motifs is 8. The molecule has 5 saturated heterocycles. The molecule has 284 valence electrons. The quantitative estimate of drug-likeness (QED) is 0.150. The van der Waals surface area contributed by atoms with Gasteiger partial charge in [0.05, 0.1) is 6.10 Å². The highest BCUT2D eigenvalue weighted by atomic mass is 16.6. The van der Waals surface area contributed by atoms with E-state index in [1.54, 1.807) is 0 Å². The second-order valence-electron chi connectivity index (χ2n) is 18.4. The monoisotopic (exact) mass is 699 g/mol. The fourth-order valence-electron chi connectivity index (χ4n) is 12.0. The lowest BCUT2D eigenvalue weighted by Gasteiger charge is -2.32. The van der Waals surface area contributed by atoms with Crippen LogP contribution >= 0.6 is 0 Å². The summed E-state index contributed by atoms with van der Waals surface area (Å²) in [5, 5.41) is 34.1. The first-order valence-electron chi connectivity index (χ1n) is 20.3. The first-order valence-corrected chi connectivity index (χ1v) is 20.3. The van der Waals surface area contributed by atoms with E-state index in [1.807, 2.05) is 20.8 Å². The number of nitrogens with one attached hydrogen (secondary N) is 6. The van der Waals surface area contributed by atoms with Crippen LogP contribution in [-0.4, -0.2) is 90.2 Å². The van der Waals surface area contributed by atoms with E-state index in [0.29, 0.717) is 103 Å². The molecule has 6 aliphatic rings. The number of aliphatic hydroxyl groups is 1. The average molecular weight is 699 g/mol. The molecule has 50 heavy (non-hydrogen) atoms. The van der Waals surface area contributed by atoms with Crippen molar-refractivity contribution in [2.45, 2.75) is 160 Å². The molecule has 8 bridgehead atoms. The third-order valence-electron chi connectivity index (χ3n) is 14.6. The van der Waals surface area contributed by atoms with E-state index in [0.717, 1.165) is 32.1 Å². The molecule has 18 unspecified atom stereocenters. The summed E-state index contributed by atoms with van der Waals surface area (Å²) < 4.78 is 5.31. The van der Waals surface area contributed by atoms with Crippen LogP contribution in [0.25, 0.3) is 0 Å². The zero-order valence-electron chi connectivity index (χ0n) is 32.2. The van der Waals surface area contributed by atoms with Crippen molar-refractivity contribution in [3.8, 4) is 0 Å². The molecular weight excluding hydrogens is 628 g/mol. The molecule has 6 rings (SSSR count). The van der Waals surface area contributed by atoms with Gasteiger partial charge in [0, 0.05) is 73.8 Å². The topological polar surface area (TPSA) is 136 Å². The summed E-state index contributed by atoms with van der Waals surface area (Å²) in [6.45, 7) is 22.6. The zero-order chi connectivity index (χ0) is 36.1. The maximum absolute atomic E-state index is 13.1. The van der Waals surface area contributed by atoms with Crippen molar-refractivity contribution in [1.82, 2.24) is 31.9 Å². The van der Waals surface area contributed by atoms with E-state index < -0.39 is 11.7 Å². The average Bonchev–Trinajstić information content (AvgIpc) is 3.79. The SMILES string of the molecule is C=CC1C2CC3NC(CC4NC5C(CC(O)C5C4C)C4NC(CC(N2)C1C)C(C)C4CCC(=O)NCCNC(=O)OC(C)(C)C)C(CC)C3C. The molecule has 18 atom stereocenters. The van der Waals surface area contributed by atoms with Gasteiger partial charge in [-0.2, -0.15) is 0 Å². The van der Waals surface area contributed by atoms with Gasteiger partial charge >= 0.3 is 6.09 Å². The van der Waals surface area contributed by atoms with Crippen molar-refractivity contribution < 1.29 is 19.4 Å². The molecule has 6 fully saturated rings. The van der Waals surface area contributed by atoms with Crippen molar-refractivity contribution in [3.63, 3.8) is 0 Å². The Morgan fingerprint density at radius 3 is 2.06 bits per heavy atom. The number of carbonyl (C=O) groups is 2. The largest absolute Gasteiger partial charge is 0.444 e. The smallest absolute Gasteiger partial charge is 0.407 e. The summed E-state index contributed by atoms with van der Waals surface area (Å²) in [4.78, 5) is 25.1. The molecule has 0 aromatic carbocycles. The molecule has 5 aliphatic heterocycles. The number of hydrogen-bond acceptors (Lipinski definition) is 8. The lowest BCUT2D eigenvalue weighted by Crippen LogP contribution is -2.48. The third kappa shape index (κ3) is 7.66. The Morgan fingerprint density at radius 1 is 0.780 bits per heavy atom. The molecule has 10 nitrogen and oxygen atoms in total. The normalized spacial score (nSPS) is 46.9. The molecule has 1 aliphatic carbocycles. The van der Waals surface area contributed by atoms with Crippen LogP contribution in [0.2, 0.25) is 0 Å². The van der Waals surface area contributed by atoms with E-state index in [4.69, 9.17) is 4.74 Å². The highest BCUT2D eigenvalue weighted by Gasteiger charge is 2.58. The molecule has 0 aromatic rings. The van der Waals surface area contributed by atoms with Crippen LogP contribution in [0.5, 0.6) is 0 Å². The van der Waals surface area contributed by atoms with E-state index in [1.165, 1.54) is 6.42 Å². The van der Waals surface area contributed by atoms with Crippen molar-refractivity contribution in [1.29, 1.82) is 0 Å². The van der Waals surface area contributed by atoms with Crippen LogP contribution < -0.4 is 31.9 Å². The van der Waals surface area contributed by atoms with Crippen LogP contribution in [0.4, 0.5) is 4.79 Å². The van der Waals surface area contributed by atoms with Gasteiger partial charge in [0.2, 0.25) is 5.91 Å². The maximum atomic E-state index is 13.1. The number of carbonyl (C=O) groups excluding carboxylic acids is 2. The van der Waals surface area contributed by atoms with Crippen LogP contribution in [0.15, 0.2) is 12.7 Å². The molecule has 0 aromatic heterocycles. The van der Waals surface area contributed by atoms with Gasteiger partial charge in [0.15, 0.2) is 0 Å². The zero-order valence-corrected chi connectivity index (χ0v) is 32.2. The molecule has 2 amide bonds. The maximum Gasteiger partial charge on any atom is 0.407 e. The Hall–Kier alpha value is -1.72. The Kier molecular flexibility index (Phi) is 11.7. The van der Waals surface area contributed by atoms with Crippen LogP contribution in [0, 0.1) is 53.3 Å². The number of amides is 2. The number of hydrogen-bond donors (Lipinski definition) is 7. The van der Waals surface area contributed by atoms with Crippen LogP contribution in [0.1, 0.15) is 100 Å². The van der Waals surface area contributed by atoms with Gasteiger partial charge in [0.1, 0.15) is 5.60 Å². The Labute approximate surface area is 302 Å². The first-order chi connectivity index (χ1) is 23.7. The highest BCUT2D eigenvalue weighted by Crippen LogP contribution is 2.50. The second-order valence-corrected chi connectivity index (χ2v) is 18.4. The van der Waals surface area contributed by atoms with Gasteiger partial charge in [0.25, 0.3) is 0 Å². The molecule has 7 N–H and O–H groups in total. The van der Waals surface area contributed by atoms with Crippen LogP contribution in [-0.2, 0) is 9.53 Å². The minimum atomic E-state index is -0.556. The van der Waals surface area contributed by atoms with Gasteiger partial charge in [-0.15, -0.1) is 6.58 Å². The Bertz CT molecular complexity index is 1210.